The van der Waals surface area contributed by atoms with E-state index in [2.05, 4.69) is 9.65 Å². The van der Waals surface area contributed by atoms with Gasteiger partial charge in [-0.15, -0.1) is 0 Å². The van der Waals surface area contributed by atoms with Gasteiger partial charge in [-0.05, 0) is 26.7 Å². The van der Waals surface area contributed by atoms with Crippen LogP contribution in [0.25, 0.3) is 0 Å². The molecule has 3 heterocycles. The molecule has 0 spiro atoms. The molecule has 2 fully saturated rings. The molecular weight excluding hydrogens is 477 g/mol. The molecule has 0 aliphatic carbocycles. The van der Waals surface area contributed by atoms with Crippen LogP contribution >= 0.6 is 20.3 Å². The van der Waals surface area contributed by atoms with Gasteiger partial charge < -0.3 is 13.8 Å². The van der Waals surface area contributed by atoms with Crippen LogP contribution in [0.15, 0.2) is 46.1 Å². The summed E-state index contributed by atoms with van der Waals surface area (Å²) in [5.74, 6) is 0.501. The third-order valence-electron chi connectivity index (χ3n) is 5.70. The van der Waals surface area contributed by atoms with E-state index in [1.165, 1.54) is 22.5 Å². The molecule has 2 unspecified atom stereocenters. The summed E-state index contributed by atoms with van der Waals surface area (Å²) in [4.78, 5) is 38.7. The second kappa shape index (κ2) is 11.7. The molecule has 184 valence electrons. The van der Waals surface area contributed by atoms with Gasteiger partial charge in [0, 0.05) is 44.0 Å². The Morgan fingerprint density at radius 1 is 1.29 bits per heavy atom. The first kappa shape index (κ1) is 23.9. The van der Waals surface area contributed by atoms with E-state index in [4.69, 9.17) is 15.2 Å². The maximum absolute atomic E-state index is 12.3. The first-order valence-electron chi connectivity index (χ1n) is 12.0. The van der Waals surface area contributed by atoms with Gasteiger partial charge in [0.25, 0.3) is 14.1 Å². The highest BCUT2D eigenvalue weighted by atomic mass is 32.2. The monoisotopic (exact) mass is 508 g/mol. The number of ether oxygens (including phenoxy) is 1. The number of H-pyrrole nitrogens is 1. The zero-order valence-corrected chi connectivity index (χ0v) is 20.8. The number of thioether (sulfide) groups is 1. The summed E-state index contributed by atoms with van der Waals surface area (Å²) >= 11 is 1.21. The molecule has 2 aliphatic rings. The van der Waals surface area contributed by atoms with Crippen LogP contribution in [-0.4, -0.2) is 57.0 Å². The summed E-state index contributed by atoms with van der Waals surface area (Å²) in [6.07, 6.45) is 2.39. The molecule has 9 nitrogen and oxygen atoms in total. The topological polar surface area (TPSA) is 103 Å². The third-order valence-corrected chi connectivity index (χ3v) is 8.29. The molecule has 4 rings (SSSR count). The predicted molar refractivity (Wildman–Crippen MR) is 132 cm³/mol. The quantitative estimate of drug-likeness (QED) is 0.406. The number of benzene rings is 1. The fourth-order valence-corrected chi connectivity index (χ4v) is 6.30. The van der Waals surface area contributed by atoms with Crippen LogP contribution in [-0.2, 0) is 13.8 Å². The lowest BCUT2D eigenvalue weighted by atomic mass is 10.2. The summed E-state index contributed by atoms with van der Waals surface area (Å²) in [7, 11) is -1.40. The van der Waals surface area contributed by atoms with E-state index < -0.39 is 38.2 Å². The molecule has 0 saturated carbocycles. The fourth-order valence-electron chi connectivity index (χ4n) is 3.85. The number of aromatic amines is 1. The van der Waals surface area contributed by atoms with Crippen LogP contribution in [0, 0.1) is 6.92 Å². The van der Waals surface area contributed by atoms with Gasteiger partial charge >= 0.3 is 5.69 Å². The lowest BCUT2D eigenvalue weighted by molar-refractivity contribution is -0.00804. The van der Waals surface area contributed by atoms with Gasteiger partial charge in [-0.25, -0.2) is 9.46 Å². The Morgan fingerprint density at radius 3 is 2.79 bits per heavy atom. The number of rotatable bonds is 9. The maximum atomic E-state index is 12.3. The van der Waals surface area contributed by atoms with Crippen LogP contribution in [0.2, 0.25) is 0 Å². The van der Waals surface area contributed by atoms with Crippen molar-refractivity contribution in [2.24, 2.45) is 0 Å². The van der Waals surface area contributed by atoms with Crippen molar-refractivity contribution in [2.45, 2.75) is 51.5 Å². The molecule has 2 aliphatic heterocycles. The smallest absolute Gasteiger partial charge is 0.330 e. The van der Waals surface area contributed by atoms with Crippen molar-refractivity contribution in [1.82, 2.24) is 14.2 Å². The molecule has 1 N–H and O–H groups in total. The Balaban J connectivity index is 1.37. The first-order chi connectivity index (χ1) is 17.0. The second-order valence-corrected chi connectivity index (χ2v) is 10.8. The van der Waals surface area contributed by atoms with Crippen LogP contribution in [0.3, 0.4) is 0 Å². The van der Waals surface area contributed by atoms with Gasteiger partial charge in [0.05, 0.1) is 18.8 Å². The Morgan fingerprint density at radius 2 is 2.06 bits per heavy atom. The highest BCUT2D eigenvalue weighted by Gasteiger charge is 2.38. The molecule has 0 radical (unpaired) electrons. The highest BCUT2D eigenvalue weighted by Crippen LogP contribution is 2.49. The molecule has 11 heteroatoms. The van der Waals surface area contributed by atoms with Crippen molar-refractivity contribution in [3.05, 3.63) is 68.5 Å². The van der Waals surface area contributed by atoms with E-state index >= 15 is 0 Å². The molecule has 1 aromatic heterocycles. The third kappa shape index (κ3) is 6.24. The SMILES string of the molecule is [2H]C[C@H]1O[C@@H](n2cc(C)c(=O)[nH]c2=O)CC1OP(OCCSC(=O)c1ccccc1)N1CCCC1. The summed E-state index contributed by atoms with van der Waals surface area (Å²) in [5.41, 5.74) is 0.0951. The van der Waals surface area contributed by atoms with Crippen molar-refractivity contribution < 1.29 is 19.9 Å². The largest absolute Gasteiger partial charge is 0.352 e. The van der Waals surface area contributed by atoms with E-state index in [-0.39, 0.29) is 12.0 Å². The number of nitrogens with one attached hydrogen (secondary N) is 1. The van der Waals surface area contributed by atoms with Crippen molar-refractivity contribution >= 4 is 25.4 Å². The molecular formula is C23H30N3O6PS. The summed E-state index contributed by atoms with van der Waals surface area (Å²) in [5, 5.41) is 0.00330. The molecule has 2 aromatic rings. The van der Waals surface area contributed by atoms with E-state index in [9.17, 15) is 14.4 Å². The Kier molecular flexibility index (Phi) is 8.26. The van der Waals surface area contributed by atoms with Gasteiger partial charge in [0.15, 0.2) is 0 Å². The average molecular weight is 509 g/mol. The number of hydrogen-bond donors (Lipinski definition) is 1. The number of hydrogen-bond acceptors (Lipinski definition) is 8. The minimum atomic E-state index is -1.40. The Bertz CT molecular complexity index is 1110. The number of aryl methyl sites for hydroxylation is 1. The van der Waals surface area contributed by atoms with E-state index in [1.54, 1.807) is 19.1 Å². The molecule has 34 heavy (non-hydrogen) atoms. The van der Waals surface area contributed by atoms with Gasteiger partial charge in [-0.3, -0.25) is 19.1 Å². The van der Waals surface area contributed by atoms with Crippen LogP contribution in [0.5, 0.6) is 0 Å². The predicted octanol–water partition coefficient (Wildman–Crippen LogP) is 3.45. The molecule has 0 bridgehead atoms. The zero-order chi connectivity index (χ0) is 24.8. The van der Waals surface area contributed by atoms with Crippen molar-refractivity contribution in [1.29, 1.82) is 0 Å². The molecule has 4 atom stereocenters. The van der Waals surface area contributed by atoms with Gasteiger partial charge in [-0.2, -0.15) is 0 Å². The van der Waals surface area contributed by atoms with Crippen molar-refractivity contribution in [3.8, 4) is 0 Å². The Hall–Kier alpha value is -1.81. The second-order valence-electron chi connectivity index (χ2n) is 8.22. The average Bonchev–Trinajstić information content (AvgIpc) is 3.54. The van der Waals surface area contributed by atoms with E-state index in [0.29, 0.717) is 29.9 Å². The number of aromatic nitrogens is 2. The van der Waals surface area contributed by atoms with E-state index in [1.807, 2.05) is 18.2 Å². The fraction of sp³-hybridized carbons (Fsp3) is 0.522. The summed E-state index contributed by atoms with van der Waals surface area (Å²) in [6.45, 7) is 3.68. The molecule has 1 aromatic carbocycles. The van der Waals surface area contributed by atoms with E-state index in [0.717, 1.165) is 25.9 Å². The minimum Gasteiger partial charge on any atom is -0.352 e. The maximum Gasteiger partial charge on any atom is 0.330 e. The summed E-state index contributed by atoms with van der Waals surface area (Å²) < 4.78 is 29.9. The van der Waals surface area contributed by atoms with Crippen LogP contribution < -0.4 is 11.2 Å². The number of nitrogens with zero attached hydrogens (tertiary/aromatic N) is 2. The molecule has 0 amide bonds. The van der Waals surface area contributed by atoms with Crippen LogP contribution in [0.4, 0.5) is 0 Å². The minimum absolute atomic E-state index is 0.00330. The summed E-state index contributed by atoms with van der Waals surface area (Å²) in [6, 6.07) is 9.15. The standard InChI is InChI=1S/C23H30N3O6PS/c1-16-15-26(23(29)24-21(16)27)20-14-19(17(2)31-20)32-33(25-10-6-7-11-25)30-12-13-34-22(28)18-8-4-3-5-9-18/h3-5,8-9,15,17,19-20H,6-7,10-14H2,1-2H3,(H,24,27,29)/t17-,19?,20-,33?/m1/s1/i2D. The highest BCUT2D eigenvalue weighted by molar-refractivity contribution is 8.14. The molecule has 2 saturated heterocycles. The van der Waals surface area contributed by atoms with Crippen LogP contribution in [0.1, 0.15) is 49.7 Å². The van der Waals surface area contributed by atoms with Crippen molar-refractivity contribution in [3.63, 3.8) is 0 Å². The zero-order valence-electron chi connectivity index (χ0n) is 20.1. The van der Waals surface area contributed by atoms with Gasteiger partial charge in [0.2, 0.25) is 5.12 Å². The Labute approximate surface area is 205 Å². The first-order valence-corrected chi connectivity index (χ1v) is 13.4. The lowest BCUT2D eigenvalue weighted by Gasteiger charge is -2.28. The lowest BCUT2D eigenvalue weighted by Crippen LogP contribution is -2.33. The number of carbonyl (C=O) groups is 1. The number of carbonyl (C=O) groups excluding carboxylic acids is 1. The normalized spacial score (nSPS) is 24.3. The van der Waals surface area contributed by atoms with Gasteiger partial charge in [-0.1, -0.05) is 42.1 Å². The van der Waals surface area contributed by atoms with Gasteiger partial charge in [0.1, 0.15) is 6.23 Å². The van der Waals surface area contributed by atoms with Crippen molar-refractivity contribution in [2.75, 3.05) is 25.4 Å².